The van der Waals surface area contributed by atoms with Crippen molar-refractivity contribution in [1.82, 2.24) is 0 Å². The number of para-hydroxylation sites is 3. The van der Waals surface area contributed by atoms with Gasteiger partial charge in [0.15, 0.2) is 0 Å². The molecule has 2 heterocycles. The average molecular weight is 307 g/mol. The van der Waals surface area contributed by atoms with E-state index in [1.807, 2.05) is 18.2 Å². The number of nitrogens with one attached hydrogen (secondary N) is 1. The first-order valence-electron chi connectivity index (χ1n) is 8.27. The molecule has 2 aromatic rings. The number of carbonyl (C=O) groups excluding carboxylic acids is 1. The standard InChI is InChI=1S/C19H21N3O/c1-2-14-7-3-5-9-16(14)21-11-12-22-17-10-6-4-8-15(17)20-19(23)18(22)13-21/h3-10,18H,2,11-13H2,1H3,(H,20,23). The molecule has 0 radical (unpaired) electrons. The van der Waals surface area contributed by atoms with Gasteiger partial charge in [0.25, 0.3) is 0 Å². The van der Waals surface area contributed by atoms with Crippen LogP contribution in [0.1, 0.15) is 12.5 Å². The predicted molar refractivity (Wildman–Crippen MR) is 94.2 cm³/mol. The van der Waals surface area contributed by atoms with Crippen LogP contribution in [0, 0.1) is 0 Å². The third-order valence-corrected chi connectivity index (χ3v) is 4.87. The number of benzene rings is 2. The molecule has 2 aliphatic heterocycles. The van der Waals surface area contributed by atoms with E-state index in [1.54, 1.807) is 0 Å². The fourth-order valence-electron chi connectivity index (χ4n) is 3.68. The minimum absolute atomic E-state index is 0.0994. The molecule has 1 amide bonds. The van der Waals surface area contributed by atoms with Crippen LogP contribution in [0.2, 0.25) is 0 Å². The number of nitrogens with zero attached hydrogens (tertiary/aromatic N) is 2. The number of piperazine rings is 1. The molecule has 0 aliphatic carbocycles. The normalized spacial score (nSPS) is 19.9. The molecule has 0 bridgehead atoms. The maximum absolute atomic E-state index is 12.5. The monoisotopic (exact) mass is 307 g/mol. The van der Waals surface area contributed by atoms with Gasteiger partial charge in [0.05, 0.1) is 11.4 Å². The smallest absolute Gasteiger partial charge is 0.248 e. The Bertz CT molecular complexity index is 743. The Morgan fingerprint density at radius 2 is 1.78 bits per heavy atom. The van der Waals surface area contributed by atoms with Crippen LogP contribution < -0.4 is 15.1 Å². The Labute approximate surface area is 136 Å². The number of aryl methyl sites for hydroxylation is 1. The Morgan fingerprint density at radius 3 is 2.61 bits per heavy atom. The number of hydrogen-bond donors (Lipinski definition) is 1. The third-order valence-electron chi connectivity index (χ3n) is 4.87. The second-order valence-electron chi connectivity index (χ2n) is 6.14. The zero-order chi connectivity index (χ0) is 15.8. The minimum atomic E-state index is -0.122. The zero-order valence-electron chi connectivity index (χ0n) is 13.3. The topological polar surface area (TPSA) is 35.6 Å². The number of carbonyl (C=O) groups is 1. The number of hydrogen-bond acceptors (Lipinski definition) is 3. The summed E-state index contributed by atoms with van der Waals surface area (Å²) in [6.07, 6.45) is 1.01. The molecule has 23 heavy (non-hydrogen) atoms. The van der Waals surface area contributed by atoms with Crippen LogP contribution in [0.25, 0.3) is 0 Å². The van der Waals surface area contributed by atoms with Crippen LogP contribution in [0.3, 0.4) is 0 Å². The van der Waals surface area contributed by atoms with E-state index in [2.05, 4.69) is 52.4 Å². The van der Waals surface area contributed by atoms with Gasteiger partial charge < -0.3 is 15.1 Å². The second-order valence-corrected chi connectivity index (χ2v) is 6.14. The molecule has 1 N–H and O–H groups in total. The fourth-order valence-corrected chi connectivity index (χ4v) is 3.68. The molecule has 2 aromatic carbocycles. The van der Waals surface area contributed by atoms with Gasteiger partial charge in [-0.15, -0.1) is 0 Å². The molecule has 4 heteroatoms. The number of amides is 1. The zero-order valence-corrected chi connectivity index (χ0v) is 13.3. The van der Waals surface area contributed by atoms with Gasteiger partial charge in [-0.3, -0.25) is 4.79 Å². The number of fused-ring (bicyclic) bond motifs is 3. The molecule has 0 aromatic heterocycles. The number of anilines is 3. The SMILES string of the molecule is CCc1ccccc1N1CCN2c3ccccc3NC(=O)C2C1. The summed E-state index contributed by atoms with van der Waals surface area (Å²) in [5, 5.41) is 3.05. The van der Waals surface area contributed by atoms with Crippen molar-refractivity contribution in [1.29, 1.82) is 0 Å². The quantitative estimate of drug-likeness (QED) is 0.926. The molecule has 0 saturated carbocycles. The van der Waals surface area contributed by atoms with E-state index in [0.717, 1.165) is 37.4 Å². The highest BCUT2D eigenvalue weighted by molar-refractivity contribution is 6.04. The molecule has 4 rings (SSSR count). The molecule has 2 aliphatic rings. The molecule has 118 valence electrons. The summed E-state index contributed by atoms with van der Waals surface area (Å²) in [5.41, 5.74) is 4.68. The second kappa shape index (κ2) is 5.61. The Balaban J connectivity index is 1.64. The van der Waals surface area contributed by atoms with E-state index in [9.17, 15) is 4.79 Å². The summed E-state index contributed by atoms with van der Waals surface area (Å²) in [5.74, 6) is 0.0994. The van der Waals surface area contributed by atoms with E-state index in [-0.39, 0.29) is 11.9 Å². The molecule has 1 fully saturated rings. The van der Waals surface area contributed by atoms with Crippen molar-refractivity contribution in [3.05, 3.63) is 54.1 Å². The van der Waals surface area contributed by atoms with Crippen molar-refractivity contribution in [3.8, 4) is 0 Å². The van der Waals surface area contributed by atoms with Crippen molar-refractivity contribution < 1.29 is 4.79 Å². The lowest BCUT2D eigenvalue weighted by atomic mass is 10.0. The van der Waals surface area contributed by atoms with Gasteiger partial charge in [-0.2, -0.15) is 0 Å². The van der Waals surface area contributed by atoms with Crippen LogP contribution >= 0.6 is 0 Å². The maximum Gasteiger partial charge on any atom is 0.248 e. The van der Waals surface area contributed by atoms with Crippen LogP contribution in [0.15, 0.2) is 48.5 Å². The molecule has 4 nitrogen and oxygen atoms in total. The van der Waals surface area contributed by atoms with Crippen molar-refractivity contribution in [2.75, 3.05) is 34.8 Å². The molecular formula is C19H21N3O. The summed E-state index contributed by atoms with van der Waals surface area (Å²) in [4.78, 5) is 17.1. The first kappa shape index (κ1) is 14.1. The summed E-state index contributed by atoms with van der Waals surface area (Å²) in [6.45, 7) is 4.72. The highest BCUT2D eigenvalue weighted by atomic mass is 16.2. The Hall–Kier alpha value is -2.49. The van der Waals surface area contributed by atoms with Crippen molar-refractivity contribution in [3.63, 3.8) is 0 Å². The van der Waals surface area contributed by atoms with Crippen molar-refractivity contribution >= 4 is 23.0 Å². The predicted octanol–water partition coefficient (Wildman–Crippen LogP) is 2.90. The summed E-state index contributed by atoms with van der Waals surface area (Å²) >= 11 is 0. The number of rotatable bonds is 2. The molecule has 1 atom stereocenters. The fraction of sp³-hybridized carbons (Fsp3) is 0.316. The minimum Gasteiger partial charge on any atom is -0.367 e. The molecule has 1 saturated heterocycles. The highest BCUT2D eigenvalue weighted by Gasteiger charge is 2.37. The lowest BCUT2D eigenvalue weighted by molar-refractivity contribution is -0.117. The summed E-state index contributed by atoms with van der Waals surface area (Å²) < 4.78 is 0. The average Bonchev–Trinajstić information content (AvgIpc) is 2.61. The first-order chi connectivity index (χ1) is 11.3. The Kier molecular flexibility index (Phi) is 3.45. The first-order valence-corrected chi connectivity index (χ1v) is 8.27. The van der Waals surface area contributed by atoms with E-state index in [4.69, 9.17) is 0 Å². The van der Waals surface area contributed by atoms with Gasteiger partial charge in [0, 0.05) is 25.3 Å². The summed E-state index contributed by atoms with van der Waals surface area (Å²) in [6, 6.07) is 16.5. The van der Waals surface area contributed by atoms with Gasteiger partial charge in [-0.05, 0) is 30.2 Å². The molecule has 0 spiro atoms. The Morgan fingerprint density at radius 1 is 1.04 bits per heavy atom. The largest absolute Gasteiger partial charge is 0.367 e. The van der Waals surface area contributed by atoms with Gasteiger partial charge >= 0.3 is 0 Å². The van der Waals surface area contributed by atoms with Gasteiger partial charge in [0.2, 0.25) is 5.91 Å². The lowest BCUT2D eigenvalue weighted by Gasteiger charge is -2.46. The van der Waals surface area contributed by atoms with Crippen LogP contribution in [-0.2, 0) is 11.2 Å². The van der Waals surface area contributed by atoms with E-state index in [1.165, 1.54) is 11.3 Å². The maximum atomic E-state index is 12.5. The molecule has 1 unspecified atom stereocenters. The van der Waals surface area contributed by atoms with Gasteiger partial charge in [-0.1, -0.05) is 37.3 Å². The third kappa shape index (κ3) is 2.34. The van der Waals surface area contributed by atoms with Crippen LogP contribution in [-0.4, -0.2) is 31.6 Å². The van der Waals surface area contributed by atoms with Crippen molar-refractivity contribution in [2.24, 2.45) is 0 Å². The van der Waals surface area contributed by atoms with Crippen LogP contribution in [0.5, 0.6) is 0 Å². The summed E-state index contributed by atoms with van der Waals surface area (Å²) in [7, 11) is 0. The highest BCUT2D eigenvalue weighted by Crippen LogP contribution is 2.34. The van der Waals surface area contributed by atoms with E-state index >= 15 is 0 Å². The van der Waals surface area contributed by atoms with Gasteiger partial charge in [-0.25, -0.2) is 0 Å². The van der Waals surface area contributed by atoms with Crippen LogP contribution in [0.4, 0.5) is 17.1 Å². The van der Waals surface area contributed by atoms with Gasteiger partial charge in [0.1, 0.15) is 6.04 Å². The lowest BCUT2D eigenvalue weighted by Crippen LogP contribution is -2.60. The van der Waals surface area contributed by atoms with E-state index < -0.39 is 0 Å². The molecular weight excluding hydrogens is 286 g/mol. The van der Waals surface area contributed by atoms with E-state index in [0.29, 0.717) is 0 Å². The van der Waals surface area contributed by atoms with Crippen molar-refractivity contribution in [2.45, 2.75) is 19.4 Å².